The monoisotopic (exact) mass is 329 g/mol. The molecule has 2 N–H and O–H groups in total. The van der Waals surface area contributed by atoms with Crippen LogP contribution in [0.4, 0.5) is 0 Å². The smallest absolute Gasteiger partial charge is 0.243 e. The van der Waals surface area contributed by atoms with Crippen molar-refractivity contribution in [3.63, 3.8) is 0 Å². The number of hydrogen-bond acceptors (Lipinski definition) is 4. The first kappa shape index (κ1) is 18.0. The zero-order chi connectivity index (χ0) is 16.0. The van der Waals surface area contributed by atoms with Crippen LogP contribution in [-0.4, -0.2) is 56.3 Å². The molecule has 1 aromatic rings. The molecule has 7 heteroatoms. The first-order valence-corrected chi connectivity index (χ1v) is 8.68. The average Bonchev–Trinajstić information content (AvgIpc) is 2.43. The average molecular weight is 329 g/mol. The van der Waals surface area contributed by atoms with Crippen LogP contribution in [0.25, 0.3) is 0 Å². The molecule has 21 heavy (non-hydrogen) atoms. The summed E-state index contributed by atoms with van der Waals surface area (Å²) in [5.74, 6) is 0. The second-order valence-corrected chi connectivity index (χ2v) is 7.48. The maximum Gasteiger partial charge on any atom is 0.243 e. The van der Waals surface area contributed by atoms with Crippen molar-refractivity contribution in [1.29, 1.82) is 0 Å². The summed E-state index contributed by atoms with van der Waals surface area (Å²) >= 11 is 4.91. The van der Waals surface area contributed by atoms with Crippen molar-refractivity contribution in [2.24, 2.45) is 5.73 Å². The van der Waals surface area contributed by atoms with Crippen molar-refractivity contribution in [3.05, 3.63) is 29.8 Å². The summed E-state index contributed by atoms with van der Waals surface area (Å²) in [6.45, 7) is 3.59. The molecule has 0 saturated heterocycles. The van der Waals surface area contributed by atoms with E-state index in [1.165, 1.54) is 10.4 Å². The summed E-state index contributed by atoms with van der Waals surface area (Å²) in [6, 6.07) is 6.49. The highest BCUT2D eigenvalue weighted by molar-refractivity contribution is 7.89. The summed E-state index contributed by atoms with van der Waals surface area (Å²) in [4.78, 5) is 2.39. The number of likely N-dealkylation sites (N-methyl/N-ethyl adjacent to an activating group) is 1. The second kappa shape index (κ2) is 7.84. The number of nitrogens with two attached hydrogens (primary N) is 1. The third-order valence-corrected chi connectivity index (χ3v) is 5.16. The zero-order valence-corrected chi connectivity index (χ0v) is 14.4. The molecule has 0 saturated carbocycles. The van der Waals surface area contributed by atoms with Crippen molar-refractivity contribution in [3.8, 4) is 0 Å². The Morgan fingerprint density at radius 1 is 1.24 bits per heavy atom. The lowest BCUT2D eigenvalue weighted by Gasteiger charge is -2.23. The van der Waals surface area contributed by atoms with E-state index in [-0.39, 0.29) is 9.88 Å². The number of nitrogens with zero attached hydrogens (tertiary/aromatic N) is 2. The molecule has 0 aliphatic heterocycles. The van der Waals surface area contributed by atoms with E-state index in [2.05, 4.69) is 0 Å². The van der Waals surface area contributed by atoms with Gasteiger partial charge in [-0.25, -0.2) is 8.42 Å². The molecule has 0 aliphatic carbocycles. The Bertz CT molecular complexity index is 586. The highest BCUT2D eigenvalue weighted by Gasteiger charge is 2.24. The fraction of sp³-hybridized carbons (Fsp3) is 0.500. The Hall–Kier alpha value is -1.02. The van der Waals surface area contributed by atoms with E-state index in [1.54, 1.807) is 18.2 Å². The fourth-order valence-corrected chi connectivity index (χ4v) is 3.57. The Morgan fingerprint density at radius 2 is 1.90 bits per heavy atom. The maximum atomic E-state index is 12.7. The van der Waals surface area contributed by atoms with E-state index in [0.29, 0.717) is 25.2 Å². The Balaban J connectivity index is 3.10. The molecule has 0 unspecified atom stereocenters. The van der Waals surface area contributed by atoms with E-state index in [9.17, 15) is 8.42 Å². The van der Waals surface area contributed by atoms with Crippen LogP contribution in [0.3, 0.4) is 0 Å². The Kier molecular flexibility index (Phi) is 6.73. The molecule has 1 rings (SSSR count). The molecule has 0 heterocycles. The van der Waals surface area contributed by atoms with Gasteiger partial charge < -0.3 is 10.6 Å². The predicted molar refractivity (Wildman–Crippen MR) is 89.9 cm³/mol. The van der Waals surface area contributed by atoms with Gasteiger partial charge in [0.05, 0.1) is 4.90 Å². The topological polar surface area (TPSA) is 66.6 Å². The van der Waals surface area contributed by atoms with Crippen LogP contribution in [0.1, 0.15) is 18.9 Å². The first-order chi connectivity index (χ1) is 9.78. The fourth-order valence-electron chi connectivity index (χ4n) is 1.87. The van der Waals surface area contributed by atoms with Gasteiger partial charge in [-0.3, -0.25) is 0 Å². The first-order valence-electron chi connectivity index (χ1n) is 6.83. The number of rotatable bonds is 8. The summed E-state index contributed by atoms with van der Waals surface area (Å²) in [6.07, 6.45) is 0.766. The van der Waals surface area contributed by atoms with Crippen LogP contribution in [0.15, 0.2) is 29.2 Å². The highest BCUT2D eigenvalue weighted by atomic mass is 32.2. The molecule has 1 aromatic carbocycles. The number of benzene rings is 1. The lowest BCUT2D eigenvalue weighted by atomic mass is 10.2. The molecule has 5 nitrogen and oxygen atoms in total. The lowest BCUT2D eigenvalue weighted by Crippen LogP contribution is -2.37. The van der Waals surface area contributed by atoms with E-state index in [4.69, 9.17) is 18.0 Å². The molecule has 0 fully saturated rings. The van der Waals surface area contributed by atoms with E-state index in [0.717, 1.165) is 6.42 Å². The van der Waals surface area contributed by atoms with Gasteiger partial charge in [-0.2, -0.15) is 4.31 Å². The van der Waals surface area contributed by atoms with Crippen LogP contribution in [0.2, 0.25) is 0 Å². The van der Waals surface area contributed by atoms with Gasteiger partial charge in [0, 0.05) is 25.2 Å². The molecule has 0 aliphatic rings. The molecule has 0 bridgehead atoms. The van der Waals surface area contributed by atoms with Crippen molar-refractivity contribution < 1.29 is 8.42 Å². The van der Waals surface area contributed by atoms with Crippen LogP contribution >= 0.6 is 12.2 Å². The third-order valence-electron chi connectivity index (χ3n) is 3.03. The Morgan fingerprint density at radius 3 is 2.43 bits per heavy atom. The normalized spacial score (nSPS) is 12.0. The van der Waals surface area contributed by atoms with Crippen LogP contribution in [-0.2, 0) is 10.0 Å². The third kappa shape index (κ3) is 5.03. The van der Waals surface area contributed by atoms with Gasteiger partial charge in [0.25, 0.3) is 0 Å². The van der Waals surface area contributed by atoms with Gasteiger partial charge >= 0.3 is 0 Å². The van der Waals surface area contributed by atoms with Crippen molar-refractivity contribution >= 4 is 27.2 Å². The second-order valence-electron chi connectivity index (χ2n) is 5.10. The zero-order valence-electron chi connectivity index (χ0n) is 12.7. The standard InChI is InChI=1S/C14H23N3O2S2/c1-4-8-17(10-9-16(2)3)21(18,19)13-7-5-6-12(11-13)14(15)20/h5-7,11H,4,8-10H2,1-3H3,(H2,15,20). The highest BCUT2D eigenvalue weighted by Crippen LogP contribution is 2.17. The summed E-state index contributed by atoms with van der Waals surface area (Å²) < 4.78 is 27.0. The van der Waals surface area contributed by atoms with Crippen LogP contribution in [0, 0.1) is 0 Å². The molecular weight excluding hydrogens is 306 g/mol. The molecule has 0 radical (unpaired) electrons. The number of hydrogen-bond donors (Lipinski definition) is 1. The molecule has 0 amide bonds. The van der Waals surface area contributed by atoms with Gasteiger partial charge in [0.1, 0.15) is 4.99 Å². The molecule has 0 atom stereocenters. The molecule has 0 spiro atoms. The van der Waals surface area contributed by atoms with E-state index < -0.39 is 10.0 Å². The summed E-state index contributed by atoms with van der Waals surface area (Å²) in [5.41, 5.74) is 6.14. The molecule has 0 aromatic heterocycles. The minimum absolute atomic E-state index is 0.197. The van der Waals surface area contributed by atoms with Crippen molar-refractivity contribution in [1.82, 2.24) is 9.21 Å². The van der Waals surface area contributed by atoms with Crippen LogP contribution < -0.4 is 5.73 Å². The maximum absolute atomic E-state index is 12.7. The van der Waals surface area contributed by atoms with Crippen LogP contribution in [0.5, 0.6) is 0 Å². The van der Waals surface area contributed by atoms with E-state index in [1.807, 2.05) is 25.9 Å². The van der Waals surface area contributed by atoms with Gasteiger partial charge in [0.2, 0.25) is 10.0 Å². The minimum atomic E-state index is -3.52. The van der Waals surface area contributed by atoms with Crippen molar-refractivity contribution in [2.45, 2.75) is 18.2 Å². The minimum Gasteiger partial charge on any atom is -0.389 e. The van der Waals surface area contributed by atoms with Crippen molar-refractivity contribution in [2.75, 3.05) is 33.7 Å². The number of thiocarbonyl (C=S) groups is 1. The van der Waals surface area contributed by atoms with Gasteiger partial charge in [0.15, 0.2) is 0 Å². The lowest BCUT2D eigenvalue weighted by molar-refractivity contribution is 0.333. The van der Waals surface area contributed by atoms with Gasteiger partial charge in [-0.15, -0.1) is 0 Å². The molecular formula is C14H23N3O2S2. The summed E-state index contributed by atoms with van der Waals surface area (Å²) in [7, 11) is 0.318. The Labute approximate surface area is 132 Å². The SMILES string of the molecule is CCCN(CCN(C)C)S(=O)(=O)c1cccc(C(N)=S)c1. The summed E-state index contributed by atoms with van der Waals surface area (Å²) in [5, 5.41) is 0. The van der Waals surface area contributed by atoms with E-state index >= 15 is 0 Å². The quantitative estimate of drug-likeness (QED) is 0.728. The van der Waals surface area contributed by atoms with Gasteiger partial charge in [-0.05, 0) is 32.6 Å². The number of sulfonamides is 1. The largest absolute Gasteiger partial charge is 0.389 e. The van der Waals surface area contributed by atoms with Gasteiger partial charge in [-0.1, -0.05) is 31.3 Å². The molecule has 118 valence electrons. The predicted octanol–water partition coefficient (Wildman–Crippen LogP) is 1.28.